The minimum absolute atomic E-state index is 0.136. The number of benzene rings is 2. The fraction of sp³-hybridized carbons (Fsp3) is 0.111. The zero-order valence-electron chi connectivity index (χ0n) is 14.2. The van der Waals surface area contributed by atoms with Crippen molar-refractivity contribution in [3.63, 3.8) is 0 Å². The maximum absolute atomic E-state index is 12.2. The summed E-state index contributed by atoms with van der Waals surface area (Å²) >= 11 is 2.58. The molecule has 0 aliphatic carbocycles. The van der Waals surface area contributed by atoms with Gasteiger partial charge in [-0.3, -0.25) is 9.59 Å². The van der Waals surface area contributed by atoms with Crippen LogP contribution in [0, 0.1) is 0 Å². The van der Waals surface area contributed by atoms with Crippen LogP contribution in [0.1, 0.15) is 6.92 Å². The Kier molecular flexibility index (Phi) is 4.78. The first-order chi connectivity index (χ1) is 13.1. The third-order valence-corrected chi connectivity index (χ3v) is 5.32. The number of fused-ring (bicyclic) bond motifs is 2. The molecule has 0 spiro atoms. The number of nitrogens with one attached hydrogen (secondary N) is 2. The summed E-state index contributed by atoms with van der Waals surface area (Å²) in [5.41, 5.74) is 2.92. The van der Waals surface area contributed by atoms with E-state index in [4.69, 9.17) is 4.42 Å². The van der Waals surface area contributed by atoms with Gasteiger partial charge in [0.25, 0.3) is 5.22 Å². The van der Waals surface area contributed by atoms with Crippen LogP contribution in [0.5, 0.6) is 0 Å². The van der Waals surface area contributed by atoms with Crippen LogP contribution in [-0.4, -0.2) is 27.5 Å². The third-order valence-electron chi connectivity index (χ3n) is 3.56. The normalized spacial score (nSPS) is 11.0. The molecule has 2 N–H and O–H groups in total. The zero-order chi connectivity index (χ0) is 18.8. The van der Waals surface area contributed by atoms with Crippen LogP contribution in [-0.2, 0) is 9.59 Å². The van der Waals surface area contributed by atoms with Gasteiger partial charge in [0, 0.05) is 12.6 Å². The molecule has 0 aliphatic heterocycles. The first-order valence-corrected chi connectivity index (χ1v) is 9.83. The van der Waals surface area contributed by atoms with Crippen molar-refractivity contribution in [3.05, 3.63) is 42.5 Å². The van der Waals surface area contributed by atoms with E-state index >= 15 is 0 Å². The fourth-order valence-corrected chi connectivity index (χ4v) is 4.01. The highest BCUT2D eigenvalue weighted by Gasteiger charge is 2.12. The van der Waals surface area contributed by atoms with Gasteiger partial charge in [-0.2, -0.15) is 0 Å². The Hall–Kier alpha value is -2.91. The molecule has 2 heterocycles. The molecule has 4 aromatic rings. The minimum Gasteiger partial charge on any atom is -0.431 e. The Bertz CT molecular complexity index is 1120. The zero-order valence-corrected chi connectivity index (χ0v) is 15.8. The van der Waals surface area contributed by atoms with E-state index in [1.165, 1.54) is 30.0 Å². The Labute approximate surface area is 162 Å². The molecule has 0 saturated heterocycles. The molecule has 0 aliphatic rings. The molecule has 9 heteroatoms. The molecule has 136 valence electrons. The molecule has 0 bridgehead atoms. The maximum Gasteiger partial charge on any atom is 0.257 e. The van der Waals surface area contributed by atoms with E-state index < -0.39 is 0 Å². The van der Waals surface area contributed by atoms with Gasteiger partial charge >= 0.3 is 0 Å². The first kappa shape index (κ1) is 17.5. The number of para-hydroxylation sites is 2. The summed E-state index contributed by atoms with van der Waals surface area (Å²) in [5, 5.41) is 6.48. The quantitative estimate of drug-likeness (QED) is 0.491. The molecule has 7 nitrogen and oxygen atoms in total. The third kappa shape index (κ3) is 4.09. The number of hydrogen-bond donors (Lipinski definition) is 2. The summed E-state index contributed by atoms with van der Waals surface area (Å²) in [6, 6.07) is 12.9. The number of anilines is 2. The predicted octanol–water partition coefficient (Wildman–Crippen LogP) is 4.13. The van der Waals surface area contributed by atoms with E-state index in [0.717, 1.165) is 15.7 Å². The van der Waals surface area contributed by atoms with Gasteiger partial charge in [-0.25, -0.2) is 9.97 Å². The van der Waals surface area contributed by atoms with Crippen molar-refractivity contribution >= 4 is 67.0 Å². The van der Waals surface area contributed by atoms with Crippen molar-refractivity contribution in [2.24, 2.45) is 0 Å². The summed E-state index contributed by atoms with van der Waals surface area (Å²) in [6.07, 6.45) is 0. The Morgan fingerprint density at radius 1 is 1.11 bits per heavy atom. The number of hydrogen-bond acceptors (Lipinski definition) is 7. The van der Waals surface area contributed by atoms with E-state index in [-0.39, 0.29) is 17.6 Å². The van der Waals surface area contributed by atoms with Gasteiger partial charge in [-0.05, 0) is 30.3 Å². The average Bonchev–Trinajstić information content (AvgIpc) is 3.21. The lowest BCUT2D eigenvalue weighted by Gasteiger charge is -1.99. The molecule has 0 atom stereocenters. The molecule has 0 radical (unpaired) electrons. The number of carbonyl (C=O) groups excluding carboxylic acids is 2. The van der Waals surface area contributed by atoms with Crippen molar-refractivity contribution in [2.75, 3.05) is 16.4 Å². The van der Waals surface area contributed by atoms with E-state index in [2.05, 4.69) is 20.6 Å². The number of carbonyl (C=O) groups is 2. The van der Waals surface area contributed by atoms with E-state index in [1.807, 2.05) is 30.3 Å². The smallest absolute Gasteiger partial charge is 0.257 e. The SMILES string of the molecule is CC(=O)Nc1ccc2nc(NC(=O)CSc3nc4ccccc4o3)sc2c1. The van der Waals surface area contributed by atoms with E-state index in [0.29, 0.717) is 21.6 Å². The Morgan fingerprint density at radius 3 is 2.78 bits per heavy atom. The average molecular weight is 398 g/mol. The molecule has 27 heavy (non-hydrogen) atoms. The monoisotopic (exact) mass is 398 g/mol. The van der Waals surface area contributed by atoms with Crippen LogP contribution in [0.2, 0.25) is 0 Å². The first-order valence-electron chi connectivity index (χ1n) is 8.03. The van der Waals surface area contributed by atoms with Crippen molar-refractivity contribution in [1.82, 2.24) is 9.97 Å². The number of aromatic nitrogens is 2. The summed E-state index contributed by atoms with van der Waals surface area (Å²) in [7, 11) is 0. The van der Waals surface area contributed by atoms with Crippen LogP contribution in [0.15, 0.2) is 52.1 Å². The molecule has 0 saturated carbocycles. The van der Waals surface area contributed by atoms with Gasteiger partial charge < -0.3 is 15.1 Å². The van der Waals surface area contributed by atoms with Gasteiger partial charge in [-0.15, -0.1) is 0 Å². The largest absolute Gasteiger partial charge is 0.431 e. The number of nitrogens with zero attached hydrogens (tertiary/aromatic N) is 2. The lowest BCUT2D eigenvalue weighted by atomic mass is 10.3. The maximum atomic E-state index is 12.2. The number of rotatable bonds is 5. The van der Waals surface area contributed by atoms with E-state index in [9.17, 15) is 9.59 Å². The molecule has 2 aromatic carbocycles. The van der Waals surface area contributed by atoms with Gasteiger partial charge in [-0.1, -0.05) is 35.2 Å². The summed E-state index contributed by atoms with van der Waals surface area (Å²) < 4.78 is 6.46. The molecular weight excluding hydrogens is 384 g/mol. The Morgan fingerprint density at radius 2 is 1.96 bits per heavy atom. The summed E-state index contributed by atoms with van der Waals surface area (Å²) in [6.45, 7) is 1.46. The number of thiazole rings is 1. The van der Waals surface area contributed by atoms with Crippen LogP contribution >= 0.6 is 23.1 Å². The second-order valence-electron chi connectivity index (χ2n) is 5.67. The fourth-order valence-electron chi connectivity index (χ4n) is 2.45. The highest BCUT2D eigenvalue weighted by Crippen LogP contribution is 2.29. The topological polar surface area (TPSA) is 97.1 Å². The molecule has 2 aromatic heterocycles. The standard InChI is InChI=1S/C18H14N4O3S2/c1-10(23)19-11-6-7-13-15(8-11)27-17(20-13)22-16(24)9-26-18-21-12-4-2-3-5-14(12)25-18/h2-8H,9H2,1H3,(H,19,23)(H,20,22,24). The van der Waals surface area contributed by atoms with Crippen molar-refractivity contribution in [2.45, 2.75) is 12.1 Å². The Balaban J connectivity index is 1.40. The highest BCUT2D eigenvalue weighted by molar-refractivity contribution is 7.99. The van der Waals surface area contributed by atoms with Crippen LogP contribution in [0.25, 0.3) is 21.3 Å². The van der Waals surface area contributed by atoms with Gasteiger partial charge in [0.2, 0.25) is 11.8 Å². The van der Waals surface area contributed by atoms with Gasteiger partial charge in [0.15, 0.2) is 10.7 Å². The lowest BCUT2D eigenvalue weighted by molar-refractivity contribution is -0.114. The van der Waals surface area contributed by atoms with Crippen molar-refractivity contribution in [3.8, 4) is 0 Å². The lowest BCUT2D eigenvalue weighted by Crippen LogP contribution is -2.13. The second-order valence-corrected chi connectivity index (χ2v) is 7.62. The summed E-state index contributed by atoms with van der Waals surface area (Å²) in [5.74, 6) is -0.160. The second kappa shape index (κ2) is 7.37. The van der Waals surface area contributed by atoms with Gasteiger partial charge in [0.05, 0.1) is 16.0 Å². The molecule has 2 amide bonds. The van der Waals surface area contributed by atoms with Gasteiger partial charge in [0.1, 0.15) is 5.52 Å². The number of thioether (sulfide) groups is 1. The summed E-state index contributed by atoms with van der Waals surface area (Å²) in [4.78, 5) is 32.1. The van der Waals surface area contributed by atoms with Crippen molar-refractivity contribution < 1.29 is 14.0 Å². The minimum atomic E-state index is -0.191. The number of amides is 2. The number of oxazole rings is 1. The van der Waals surface area contributed by atoms with Crippen LogP contribution < -0.4 is 10.6 Å². The van der Waals surface area contributed by atoms with E-state index in [1.54, 1.807) is 12.1 Å². The molecule has 4 rings (SSSR count). The molecule has 0 unspecified atom stereocenters. The predicted molar refractivity (Wildman–Crippen MR) is 107 cm³/mol. The molecule has 0 fully saturated rings. The van der Waals surface area contributed by atoms with Crippen LogP contribution in [0.3, 0.4) is 0 Å². The van der Waals surface area contributed by atoms with Crippen LogP contribution in [0.4, 0.5) is 10.8 Å². The molecular formula is C18H14N4O3S2. The highest BCUT2D eigenvalue weighted by atomic mass is 32.2. The van der Waals surface area contributed by atoms with Crippen molar-refractivity contribution in [1.29, 1.82) is 0 Å².